The van der Waals surface area contributed by atoms with Crippen LogP contribution >= 0.6 is 0 Å². The molecule has 2 heterocycles. The normalized spacial score (nSPS) is 14.6. The topological polar surface area (TPSA) is 28.2 Å². The molecule has 0 unspecified atom stereocenters. The summed E-state index contributed by atoms with van der Waals surface area (Å²) in [6, 6.07) is 11.0. The Morgan fingerprint density at radius 2 is 1.81 bits per heavy atom. The fraction of sp³-hybridized carbons (Fsp3) is 0.389. The zero-order chi connectivity index (χ0) is 14.5. The third-order valence-electron chi connectivity index (χ3n) is 4.20. The lowest BCUT2D eigenvalue weighted by Gasteiger charge is -2.17. The van der Waals surface area contributed by atoms with Crippen molar-refractivity contribution in [2.75, 3.05) is 18.0 Å². The molecule has 1 aliphatic rings. The lowest BCUT2D eigenvalue weighted by atomic mass is 10.1. The first-order chi connectivity index (χ1) is 10.3. The Morgan fingerprint density at radius 1 is 1.05 bits per heavy atom. The van der Waals surface area contributed by atoms with Crippen molar-refractivity contribution in [3.05, 3.63) is 59.4 Å². The van der Waals surface area contributed by atoms with Crippen LogP contribution < -0.4 is 10.2 Å². The highest BCUT2D eigenvalue weighted by Crippen LogP contribution is 2.20. The molecule has 1 aromatic carbocycles. The van der Waals surface area contributed by atoms with Gasteiger partial charge in [-0.25, -0.2) is 0 Å². The van der Waals surface area contributed by atoms with Crippen molar-refractivity contribution in [2.45, 2.75) is 32.9 Å². The predicted molar refractivity (Wildman–Crippen MR) is 87.4 cm³/mol. The highest BCUT2D eigenvalue weighted by Gasteiger charge is 2.11. The van der Waals surface area contributed by atoms with Crippen LogP contribution in [0.25, 0.3) is 0 Å². The molecule has 3 nitrogen and oxygen atoms in total. The molecular weight excluding hydrogens is 258 g/mol. The third kappa shape index (κ3) is 3.61. The third-order valence-corrected chi connectivity index (χ3v) is 4.20. The highest BCUT2D eigenvalue weighted by molar-refractivity contribution is 5.48. The number of hydrogen-bond acceptors (Lipinski definition) is 3. The lowest BCUT2D eigenvalue weighted by molar-refractivity contribution is 0.688. The summed E-state index contributed by atoms with van der Waals surface area (Å²) in [4.78, 5) is 6.65. The number of rotatable bonds is 5. The van der Waals surface area contributed by atoms with Gasteiger partial charge < -0.3 is 10.2 Å². The monoisotopic (exact) mass is 281 g/mol. The zero-order valence-corrected chi connectivity index (χ0v) is 12.7. The first kappa shape index (κ1) is 14.1. The van der Waals surface area contributed by atoms with Gasteiger partial charge in [0.15, 0.2) is 0 Å². The van der Waals surface area contributed by atoms with E-state index in [9.17, 15) is 0 Å². The Labute approximate surface area is 127 Å². The van der Waals surface area contributed by atoms with Crippen molar-refractivity contribution in [1.82, 2.24) is 10.3 Å². The summed E-state index contributed by atoms with van der Waals surface area (Å²) in [5.41, 5.74) is 5.26. The second-order valence-electron chi connectivity index (χ2n) is 5.77. The van der Waals surface area contributed by atoms with E-state index in [0.717, 1.165) is 13.1 Å². The SMILES string of the molecule is Cc1ccncc1CNCc1ccc(N2CCCC2)cc1. The second kappa shape index (κ2) is 6.72. The minimum Gasteiger partial charge on any atom is -0.372 e. The molecule has 1 fully saturated rings. The number of pyridine rings is 1. The number of anilines is 1. The Hall–Kier alpha value is -1.87. The Kier molecular flexibility index (Phi) is 4.51. The van der Waals surface area contributed by atoms with E-state index in [0.29, 0.717) is 0 Å². The van der Waals surface area contributed by atoms with Crippen molar-refractivity contribution in [2.24, 2.45) is 0 Å². The van der Waals surface area contributed by atoms with Crippen LogP contribution in [0.2, 0.25) is 0 Å². The molecule has 0 aliphatic carbocycles. The van der Waals surface area contributed by atoms with Gasteiger partial charge in [0.1, 0.15) is 0 Å². The van der Waals surface area contributed by atoms with Gasteiger partial charge in [-0.3, -0.25) is 4.98 Å². The smallest absolute Gasteiger partial charge is 0.0366 e. The molecule has 21 heavy (non-hydrogen) atoms. The molecule has 0 saturated carbocycles. The largest absolute Gasteiger partial charge is 0.372 e. The maximum atomic E-state index is 4.18. The molecule has 110 valence electrons. The fourth-order valence-electron chi connectivity index (χ4n) is 2.82. The van der Waals surface area contributed by atoms with Crippen LogP contribution in [0.15, 0.2) is 42.7 Å². The number of benzene rings is 1. The van der Waals surface area contributed by atoms with Crippen LogP contribution in [0.4, 0.5) is 5.69 Å². The first-order valence-electron chi connectivity index (χ1n) is 7.77. The van der Waals surface area contributed by atoms with Crippen molar-refractivity contribution >= 4 is 5.69 Å². The molecule has 1 N–H and O–H groups in total. The van der Waals surface area contributed by atoms with E-state index in [2.05, 4.69) is 52.5 Å². The fourth-order valence-corrected chi connectivity index (χ4v) is 2.82. The van der Waals surface area contributed by atoms with E-state index in [1.165, 1.54) is 48.3 Å². The molecule has 1 saturated heterocycles. The van der Waals surface area contributed by atoms with E-state index in [1.807, 2.05) is 12.4 Å². The lowest BCUT2D eigenvalue weighted by Crippen LogP contribution is -2.17. The molecule has 1 aliphatic heterocycles. The van der Waals surface area contributed by atoms with Crippen LogP contribution in [0, 0.1) is 6.92 Å². The summed E-state index contributed by atoms with van der Waals surface area (Å²) in [7, 11) is 0. The average Bonchev–Trinajstić information content (AvgIpc) is 3.04. The average molecular weight is 281 g/mol. The van der Waals surface area contributed by atoms with Gasteiger partial charge in [0.2, 0.25) is 0 Å². The molecule has 0 radical (unpaired) electrons. The van der Waals surface area contributed by atoms with Gasteiger partial charge >= 0.3 is 0 Å². The van der Waals surface area contributed by atoms with E-state index in [1.54, 1.807) is 0 Å². The maximum Gasteiger partial charge on any atom is 0.0366 e. The quantitative estimate of drug-likeness (QED) is 0.911. The van der Waals surface area contributed by atoms with E-state index < -0.39 is 0 Å². The number of nitrogens with zero attached hydrogens (tertiary/aromatic N) is 2. The minimum atomic E-state index is 0.869. The number of aromatic nitrogens is 1. The van der Waals surface area contributed by atoms with E-state index >= 15 is 0 Å². The molecule has 0 atom stereocenters. The standard InChI is InChI=1S/C18H23N3/c1-15-8-9-19-13-17(15)14-20-12-16-4-6-18(7-5-16)21-10-2-3-11-21/h4-9,13,20H,2-3,10-12,14H2,1H3. The first-order valence-corrected chi connectivity index (χ1v) is 7.77. The van der Waals surface area contributed by atoms with Crippen LogP contribution in [0.3, 0.4) is 0 Å². The van der Waals surface area contributed by atoms with Gasteiger partial charge in [-0.15, -0.1) is 0 Å². The van der Waals surface area contributed by atoms with Gasteiger partial charge in [0.05, 0.1) is 0 Å². The van der Waals surface area contributed by atoms with E-state index in [-0.39, 0.29) is 0 Å². The van der Waals surface area contributed by atoms with Crippen molar-refractivity contribution in [1.29, 1.82) is 0 Å². The van der Waals surface area contributed by atoms with Crippen molar-refractivity contribution < 1.29 is 0 Å². The maximum absolute atomic E-state index is 4.18. The number of aryl methyl sites for hydroxylation is 1. The Balaban J connectivity index is 1.52. The Morgan fingerprint density at radius 3 is 2.52 bits per heavy atom. The van der Waals surface area contributed by atoms with Gasteiger partial charge in [-0.2, -0.15) is 0 Å². The number of hydrogen-bond donors (Lipinski definition) is 1. The highest BCUT2D eigenvalue weighted by atomic mass is 15.1. The summed E-state index contributed by atoms with van der Waals surface area (Å²) in [5, 5.41) is 3.49. The molecule has 0 bridgehead atoms. The summed E-state index contributed by atoms with van der Waals surface area (Å²) in [5.74, 6) is 0. The van der Waals surface area contributed by atoms with Crippen LogP contribution in [-0.4, -0.2) is 18.1 Å². The molecule has 2 aromatic rings. The van der Waals surface area contributed by atoms with Crippen molar-refractivity contribution in [3.63, 3.8) is 0 Å². The molecule has 1 aromatic heterocycles. The van der Waals surface area contributed by atoms with Crippen molar-refractivity contribution in [3.8, 4) is 0 Å². The van der Waals surface area contributed by atoms with Crippen LogP contribution in [-0.2, 0) is 13.1 Å². The predicted octanol–water partition coefficient (Wildman–Crippen LogP) is 3.28. The zero-order valence-electron chi connectivity index (χ0n) is 12.7. The van der Waals surface area contributed by atoms with Gasteiger partial charge in [0.25, 0.3) is 0 Å². The molecule has 0 amide bonds. The van der Waals surface area contributed by atoms with Gasteiger partial charge in [0, 0.05) is 44.3 Å². The number of nitrogens with one attached hydrogen (secondary N) is 1. The van der Waals surface area contributed by atoms with E-state index in [4.69, 9.17) is 0 Å². The summed E-state index contributed by atoms with van der Waals surface area (Å²) in [6.45, 7) is 6.31. The summed E-state index contributed by atoms with van der Waals surface area (Å²) < 4.78 is 0. The Bertz CT molecular complexity index is 571. The summed E-state index contributed by atoms with van der Waals surface area (Å²) >= 11 is 0. The minimum absolute atomic E-state index is 0.869. The van der Waals surface area contributed by atoms with Gasteiger partial charge in [-0.05, 0) is 54.7 Å². The van der Waals surface area contributed by atoms with Gasteiger partial charge in [-0.1, -0.05) is 12.1 Å². The molecule has 0 spiro atoms. The molecule has 3 heteroatoms. The molecular formula is C18H23N3. The summed E-state index contributed by atoms with van der Waals surface area (Å²) in [6.07, 6.45) is 6.44. The second-order valence-corrected chi connectivity index (χ2v) is 5.77. The molecule has 3 rings (SSSR count). The van der Waals surface area contributed by atoms with Crippen LogP contribution in [0.5, 0.6) is 0 Å². The van der Waals surface area contributed by atoms with Crippen LogP contribution in [0.1, 0.15) is 29.5 Å².